The second kappa shape index (κ2) is 3.41. The number of phenolic OH excluding ortho intramolecular Hbond substituents is 1. The second-order valence-corrected chi connectivity index (χ2v) is 4.14. The monoisotopic (exact) mass is 177 g/mol. The summed E-state index contributed by atoms with van der Waals surface area (Å²) in [5, 5.41) is 9.84. The summed E-state index contributed by atoms with van der Waals surface area (Å²) in [7, 11) is 0. The molecule has 13 heavy (non-hydrogen) atoms. The van der Waals surface area contributed by atoms with Gasteiger partial charge in [-0.25, -0.2) is 0 Å². The van der Waals surface area contributed by atoms with Crippen molar-refractivity contribution in [2.45, 2.75) is 39.5 Å². The minimum absolute atomic E-state index is 0.0343. The van der Waals surface area contributed by atoms with E-state index >= 15 is 0 Å². The number of hydrogen-bond acceptors (Lipinski definition) is 1. The zero-order chi connectivity index (χ0) is 10.1. The zero-order valence-electron chi connectivity index (χ0n) is 8.81. The van der Waals surface area contributed by atoms with Crippen LogP contribution in [0.1, 0.15) is 38.3 Å². The standard InChI is InChI=1S/C12H17O/c1-5-12(3,4)10-8-6-7-9(2)11(10)13/h7-8,13H,5H2,1-4H3. The van der Waals surface area contributed by atoms with Gasteiger partial charge in [0.2, 0.25) is 0 Å². The number of aromatic hydroxyl groups is 1. The summed E-state index contributed by atoms with van der Waals surface area (Å²) in [6, 6.07) is 6.74. The van der Waals surface area contributed by atoms with Gasteiger partial charge in [0.1, 0.15) is 5.75 Å². The topological polar surface area (TPSA) is 20.2 Å². The van der Waals surface area contributed by atoms with Crippen molar-refractivity contribution in [2.24, 2.45) is 0 Å². The van der Waals surface area contributed by atoms with Gasteiger partial charge in [0.25, 0.3) is 0 Å². The highest BCUT2D eigenvalue weighted by Gasteiger charge is 2.21. The van der Waals surface area contributed by atoms with E-state index < -0.39 is 0 Å². The summed E-state index contributed by atoms with van der Waals surface area (Å²) in [5.74, 6) is 0.422. The molecule has 1 aromatic rings. The van der Waals surface area contributed by atoms with E-state index in [2.05, 4.69) is 26.8 Å². The van der Waals surface area contributed by atoms with Crippen molar-refractivity contribution in [3.05, 3.63) is 29.3 Å². The van der Waals surface area contributed by atoms with Gasteiger partial charge in [-0.1, -0.05) is 20.8 Å². The maximum atomic E-state index is 9.84. The molecule has 0 unspecified atom stereocenters. The minimum atomic E-state index is 0.0343. The minimum Gasteiger partial charge on any atom is -0.507 e. The first kappa shape index (κ1) is 10.1. The molecular formula is C12H17O. The van der Waals surface area contributed by atoms with Gasteiger partial charge in [-0.15, -0.1) is 0 Å². The van der Waals surface area contributed by atoms with E-state index in [0.29, 0.717) is 5.75 Å². The number of aryl methyl sites for hydroxylation is 1. The molecule has 0 aliphatic heterocycles. The Morgan fingerprint density at radius 3 is 2.54 bits per heavy atom. The lowest BCUT2D eigenvalue weighted by Gasteiger charge is -2.24. The third-order valence-electron chi connectivity index (χ3n) is 2.77. The third kappa shape index (κ3) is 1.85. The van der Waals surface area contributed by atoms with Gasteiger partial charge in [0, 0.05) is 5.56 Å². The first-order chi connectivity index (χ1) is 5.99. The predicted molar refractivity (Wildman–Crippen MR) is 55.0 cm³/mol. The average molecular weight is 177 g/mol. The lowest BCUT2D eigenvalue weighted by atomic mass is 9.81. The molecule has 0 spiro atoms. The van der Waals surface area contributed by atoms with E-state index in [0.717, 1.165) is 17.5 Å². The van der Waals surface area contributed by atoms with Crippen LogP contribution in [0.5, 0.6) is 5.75 Å². The predicted octanol–water partition coefficient (Wildman–Crippen LogP) is 3.19. The Morgan fingerprint density at radius 1 is 1.38 bits per heavy atom. The van der Waals surface area contributed by atoms with Crippen molar-refractivity contribution in [3.63, 3.8) is 0 Å². The van der Waals surface area contributed by atoms with Crippen LogP contribution in [0.4, 0.5) is 0 Å². The number of benzene rings is 1. The molecule has 1 aromatic carbocycles. The molecule has 0 aliphatic rings. The molecule has 1 radical (unpaired) electrons. The summed E-state index contributed by atoms with van der Waals surface area (Å²) in [4.78, 5) is 0. The van der Waals surface area contributed by atoms with E-state index in [9.17, 15) is 5.11 Å². The van der Waals surface area contributed by atoms with E-state index in [4.69, 9.17) is 0 Å². The van der Waals surface area contributed by atoms with Crippen molar-refractivity contribution in [2.75, 3.05) is 0 Å². The Kier molecular flexibility index (Phi) is 2.65. The van der Waals surface area contributed by atoms with Crippen LogP contribution in [0.25, 0.3) is 0 Å². The first-order valence-electron chi connectivity index (χ1n) is 4.69. The van der Waals surface area contributed by atoms with Crippen LogP contribution in [-0.4, -0.2) is 5.11 Å². The first-order valence-corrected chi connectivity index (χ1v) is 4.69. The summed E-state index contributed by atoms with van der Waals surface area (Å²) >= 11 is 0. The molecule has 1 nitrogen and oxygen atoms in total. The molecule has 0 amide bonds. The fourth-order valence-electron chi connectivity index (χ4n) is 1.31. The van der Waals surface area contributed by atoms with E-state index in [1.165, 1.54) is 0 Å². The summed E-state index contributed by atoms with van der Waals surface area (Å²) < 4.78 is 0. The highest BCUT2D eigenvalue weighted by molar-refractivity contribution is 5.42. The van der Waals surface area contributed by atoms with Gasteiger partial charge in [-0.05, 0) is 42.5 Å². The highest BCUT2D eigenvalue weighted by Crippen LogP contribution is 2.34. The van der Waals surface area contributed by atoms with Crippen LogP contribution < -0.4 is 0 Å². The number of phenols is 1. The maximum Gasteiger partial charge on any atom is 0.122 e. The SMILES string of the molecule is CCC(C)(C)c1c[c]cc(C)c1O. The van der Waals surface area contributed by atoms with Crippen LogP contribution in [0, 0.1) is 13.0 Å². The molecule has 0 atom stereocenters. The Morgan fingerprint density at radius 2 is 2.00 bits per heavy atom. The molecule has 1 N–H and O–H groups in total. The molecule has 1 heteroatoms. The maximum absolute atomic E-state index is 9.84. The molecule has 71 valence electrons. The summed E-state index contributed by atoms with van der Waals surface area (Å²) in [5.41, 5.74) is 1.93. The molecule has 0 heterocycles. The van der Waals surface area contributed by atoms with E-state index in [1.807, 2.05) is 19.1 Å². The fraction of sp³-hybridized carbons (Fsp3) is 0.500. The molecule has 0 bridgehead atoms. The Hall–Kier alpha value is -0.980. The number of hydrogen-bond donors (Lipinski definition) is 1. The Bertz CT molecular complexity index is 300. The fourth-order valence-corrected chi connectivity index (χ4v) is 1.31. The molecule has 0 aliphatic carbocycles. The van der Waals surface area contributed by atoms with Gasteiger partial charge < -0.3 is 5.11 Å². The van der Waals surface area contributed by atoms with E-state index in [1.54, 1.807) is 0 Å². The molecule has 0 saturated carbocycles. The van der Waals surface area contributed by atoms with Crippen molar-refractivity contribution < 1.29 is 5.11 Å². The van der Waals surface area contributed by atoms with Gasteiger partial charge in [0.15, 0.2) is 0 Å². The summed E-state index contributed by atoms with van der Waals surface area (Å²) in [6.07, 6.45) is 1.01. The van der Waals surface area contributed by atoms with Crippen LogP contribution in [0.15, 0.2) is 12.1 Å². The zero-order valence-corrected chi connectivity index (χ0v) is 8.81. The normalized spacial score (nSPS) is 11.7. The van der Waals surface area contributed by atoms with Crippen LogP contribution in [0.2, 0.25) is 0 Å². The Labute approximate surface area is 80.4 Å². The largest absolute Gasteiger partial charge is 0.507 e. The quantitative estimate of drug-likeness (QED) is 0.735. The lowest BCUT2D eigenvalue weighted by Crippen LogP contribution is -2.15. The Balaban J connectivity index is 3.22. The van der Waals surface area contributed by atoms with Gasteiger partial charge >= 0.3 is 0 Å². The smallest absolute Gasteiger partial charge is 0.122 e. The van der Waals surface area contributed by atoms with Crippen molar-refractivity contribution >= 4 is 0 Å². The second-order valence-electron chi connectivity index (χ2n) is 4.14. The molecule has 0 fully saturated rings. The van der Waals surface area contributed by atoms with Crippen LogP contribution in [0.3, 0.4) is 0 Å². The number of rotatable bonds is 2. The van der Waals surface area contributed by atoms with Crippen LogP contribution >= 0.6 is 0 Å². The molecular weight excluding hydrogens is 160 g/mol. The lowest BCUT2D eigenvalue weighted by molar-refractivity contribution is 0.425. The molecule has 0 saturated heterocycles. The van der Waals surface area contributed by atoms with Crippen molar-refractivity contribution in [1.82, 2.24) is 0 Å². The molecule has 1 rings (SSSR count). The van der Waals surface area contributed by atoms with E-state index in [-0.39, 0.29) is 5.41 Å². The highest BCUT2D eigenvalue weighted by atomic mass is 16.3. The van der Waals surface area contributed by atoms with Gasteiger partial charge in [0.05, 0.1) is 0 Å². The van der Waals surface area contributed by atoms with Crippen molar-refractivity contribution in [1.29, 1.82) is 0 Å². The van der Waals surface area contributed by atoms with Crippen molar-refractivity contribution in [3.8, 4) is 5.75 Å². The van der Waals surface area contributed by atoms with Gasteiger partial charge in [-0.3, -0.25) is 0 Å². The van der Waals surface area contributed by atoms with Crippen LogP contribution in [-0.2, 0) is 5.41 Å². The average Bonchev–Trinajstić information content (AvgIpc) is 2.09. The molecule has 0 aromatic heterocycles. The van der Waals surface area contributed by atoms with Gasteiger partial charge in [-0.2, -0.15) is 0 Å². The third-order valence-corrected chi connectivity index (χ3v) is 2.77. The summed E-state index contributed by atoms with van der Waals surface area (Å²) in [6.45, 7) is 8.30.